The van der Waals surface area contributed by atoms with E-state index in [1.165, 1.54) is 0 Å². The Hall–Kier alpha value is -3.02. The van der Waals surface area contributed by atoms with Crippen LogP contribution in [0.15, 0.2) is 47.6 Å². The van der Waals surface area contributed by atoms with E-state index in [1.54, 1.807) is 64.7 Å². The summed E-state index contributed by atoms with van der Waals surface area (Å²) >= 11 is 0. The number of benzene rings is 2. The molecule has 0 aliphatic carbocycles. The molecule has 6 nitrogen and oxygen atoms in total. The van der Waals surface area contributed by atoms with Crippen molar-refractivity contribution in [3.05, 3.63) is 53.6 Å². The van der Waals surface area contributed by atoms with E-state index in [0.717, 1.165) is 5.56 Å². The Kier molecular flexibility index (Phi) is 5.78. The first kappa shape index (κ1) is 17.3. The van der Waals surface area contributed by atoms with Crippen LogP contribution in [0.4, 0.5) is 0 Å². The number of rotatable bonds is 6. The lowest BCUT2D eigenvalue weighted by molar-refractivity contribution is 0.0955. The fourth-order valence-corrected chi connectivity index (χ4v) is 2.07. The molecule has 1 N–H and O–H groups in total. The van der Waals surface area contributed by atoms with E-state index < -0.39 is 0 Å². The van der Waals surface area contributed by atoms with Gasteiger partial charge < -0.3 is 14.2 Å². The topological polar surface area (TPSA) is 69.2 Å². The maximum Gasteiger partial charge on any atom is 0.271 e. The molecule has 2 aromatic rings. The number of hydrazone groups is 1. The number of hydrogen-bond acceptors (Lipinski definition) is 5. The van der Waals surface area contributed by atoms with Gasteiger partial charge in [0.05, 0.1) is 27.0 Å². The Morgan fingerprint density at radius 3 is 2.08 bits per heavy atom. The van der Waals surface area contributed by atoms with Crippen LogP contribution >= 0.6 is 0 Å². The van der Waals surface area contributed by atoms with Crippen LogP contribution in [0.2, 0.25) is 0 Å². The highest BCUT2D eigenvalue weighted by atomic mass is 16.5. The molecule has 24 heavy (non-hydrogen) atoms. The molecule has 0 unspecified atom stereocenters. The van der Waals surface area contributed by atoms with Gasteiger partial charge in [-0.05, 0) is 49.4 Å². The molecular formula is C18H20N2O4. The van der Waals surface area contributed by atoms with Gasteiger partial charge in [0.2, 0.25) is 0 Å². The van der Waals surface area contributed by atoms with Crippen LogP contribution in [-0.2, 0) is 0 Å². The monoisotopic (exact) mass is 328 g/mol. The molecule has 0 aliphatic heterocycles. The van der Waals surface area contributed by atoms with Crippen molar-refractivity contribution < 1.29 is 19.0 Å². The zero-order valence-corrected chi connectivity index (χ0v) is 14.1. The SMILES string of the molecule is COc1ccc(C(=O)N/N=C(/C)c2ccc(OC)c(OC)c2)cc1. The summed E-state index contributed by atoms with van der Waals surface area (Å²) in [5.74, 6) is 1.64. The van der Waals surface area contributed by atoms with Crippen molar-refractivity contribution >= 4 is 11.6 Å². The highest BCUT2D eigenvalue weighted by Gasteiger charge is 2.08. The number of nitrogens with zero attached hydrogens (tertiary/aromatic N) is 1. The van der Waals surface area contributed by atoms with Crippen molar-refractivity contribution in [3.63, 3.8) is 0 Å². The third-order valence-electron chi connectivity index (χ3n) is 3.48. The number of nitrogens with one attached hydrogen (secondary N) is 1. The lowest BCUT2D eigenvalue weighted by atomic mass is 10.1. The number of amides is 1. The van der Waals surface area contributed by atoms with Crippen molar-refractivity contribution in [2.75, 3.05) is 21.3 Å². The van der Waals surface area contributed by atoms with E-state index in [9.17, 15) is 4.79 Å². The first-order chi connectivity index (χ1) is 11.6. The van der Waals surface area contributed by atoms with E-state index in [0.29, 0.717) is 28.5 Å². The van der Waals surface area contributed by atoms with Crippen molar-refractivity contribution in [2.24, 2.45) is 5.10 Å². The first-order valence-electron chi connectivity index (χ1n) is 7.30. The summed E-state index contributed by atoms with van der Waals surface area (Å²) < 4.78 is 15.5. The van der Waals surface area contributed by atoms with Crippen molar-refractivity contribution in [1.29, 1.82) is 0 Å². The standard InChI is InChI=1S/C18H20N2O4/c1-12(14-7-10-16(23-3)17(11-14)24-4)19-20-18(21)13-5-8-15(22-2)9-6-13/h5-11H,1-4H3,(H,20,21)/b19-12-. The van der Waals surface area contributed by atoms with E-state index in [4.69, 9.17) is 14.2 Å². The molecule has 0 atom stereocenters. The molecule has 0 saturated carbocycles. The molecule has 0 radical (unpaired) electrons. The summed E-state index contributed by atoms with van der Waals surface area (Å²) in [4.78, 5) is 12.1. The summed E-state index contributed by atoms with van der Waals surface area (Å²) in [6.07, 6.45) is 0. The first-order valence-corrected chi connectivity index (χ1v) is 7.30. The average Bonchev–Trinajstić information content (AvgIpc) is 2.65. The number of hydrogen-bond donors (Lipinski definition) is 1. The second-order valence-corrected chi connectivity index (χ2v) is 4.94. The second kappa shape index (κ2) is 8.01. The minimum atomic E-state index is -0.294. The minimum absolute atomic E-state index is 0.294. The van der Waals surface area contributed by atoms with Gasteiger partial charge in [0.15, 0.2) is 11.5 Å². The minimum Gasteiger partial charge on any atom is -0.497 e. The molecule has 2 rings (SSSR count). The van der Waals surface area contributed by atoms with Crippen LogP contribution in [0.25, 0.3) is 0 Å². The second-order valence-electron chi connectivity index (χ2n) is 4.94. The average molecular weight is 328 g/mol. The van der Waals surface area contributed by atoms with Crippen molar-refractivity contribution in [2.45, 2.75) is 6.92 Å². The lowest BCUT2D eigenvalue weighted by Crippen LogP contribution is -2.19. The number of methoxy groups -OCH3 is 3. The molecule has 0 heterocycles. The molecule has 0 bridgehead atoms. The van der Waals surface area contributed by atoms with Crippen molar-refractivity contribution in [1.82, 2.24) is 5.43 Å². The van der Waals surface area contributed by atoms with E-state index in [-0.39, 0.29) is 5.91 Å². The smallest absolute Gasteiger partial charge is 0.271 e. The Morgan fingerprint density at radius 1 is 0.875 bits per heavy atom. The van der Waals surface area contributed by atoms with Gasteiger partial charge in [0.1, 0.15) is 5.75 Å². The maximum absolute atomic E-state index is 12.1. The third kappa shape index (κ3) is 4.04. The highest BCUT2D eigenvalue weighted by Crippen LogP contribution is 2.27. The number of carbonyl (C=O) groups is 1. The van der Waals surface area contributed by atoms with Crippen LogP contribution in [0, 0.1) is 0 Å². The van der Waals surface area contributed by atoms with Gasteiger partial charge in [0.25, 0.3) is 5.91 Å². The predicted octanol–water partition coefficient (Wildman–Crippen LogP) is 2.87. The van der Waals surface area contributed by atoms with E-state index in [1.807, 2.05) is 6.07 Å². The van der Waals surface area contributed by atoms with Gasteiger partial charge in [0, 0.05) is 11.1 Å². The third-order valence-corrected chi connectivity index (χ3v) is 3.48. The highest BCUT2D eigenvalue weighted by molar-refractivity contribution is 6.01. The fourth-order valence-electron chi connectivity index (χ4n) is 2.07. The quantitative estimate of drug-likeness (QED) is 0.654. The summed E-state index contributed by atoms with van der Waals surface area (Å²) in [6, 6.07) is 12.2. The predicted molar refractivity (Wildman–Crippen MR) is 92.2 cm³/mol. The summed E-state index contributed by atoms with van der Waals surface area (Å²) in [5, 5.41) is 4.13. The molecule has 0 aliphatic rings. The summed E-state index contributed by atoms with van der Waals surface area (Å²) in [7, 11) is 4.72. The Morgan fingerprint density at radius 2 is 1.50 bits per heavy atom. The largest absolute Gasteiger partial charge is 0.497 e. The molecule has 0 fully saturated rings. The fraction of sp³-hybridized carbons (Fsp3) is 0.222. The maximum atomic E-state index is 12.1. The Balaban J connectivity index is 2.11. The summed E-state index contributed by atoms with van der Waals surface area (Å²) in [6.45, 7) is 1.80. The lowest BCUT2D eigenvalue weighted by Gasteiger charge is -2.09. The zero-order valence-electron chi connectivity index (χ0n) is 14.1. The Labute approximate surface area is 141 Å². The van der Waals surface area contributed by atoms with Gasteiger partial charge >= 0.3 is 0 Å². The van der Waals surface area contributed by atoms with Crippen molar-refractivity contribution in [3.8, 4) is 17.2 Å². The molecule has 126 valence electrons. The van der Waals surface area contributed by atoms with Crippen LogP contribution < -0.4 is 19.6 Å². The molecule has 6 heteroatoms. The zero-order chi connectivity index (χ0) is 17.5. The van der Waals surface area contributed by atoms with E-state index in [2.05, 4.69) is 10.5 Å². The van der Waals surface area contributed by atoms with Gasteiger partial charge in [-0.15, -0.1) is 0 Å². The van der Waals surface area contributed by atoms with E-state index >= 15 is 0 Å². The molecular weight excluding hydrogens is 308 g/mol. The normalized spacial score (nSPS) is 10.9. The molecule has 1 amide bonds. The summed E-state index contributed by atoms with van der Waals surface area (Å²) in [5.41, 5.74) is 4.51. The number of carbonyl (C=O) groups excluding carboxylic acids is 1. The van der Waals surface area contributed by atoms with Crippen LogP contribution in [0.1, 0.15) is 22.8 Å². The number of ether oxygens (including phenoxy) is 3. The van der Waals surface area contributed by atoms with Crippen LogP contribution in [-0.4, -0.2) is 32.9 Å². The van der Waals surface area contributed by atoms with Crippen LogP contribution in [0.3, 0.4) is 0 Å². The molecule has 2 aromatic carbocycles. The van der Waals surface area contributed by atoms with Crippen LogP contribution in [0.5, 0.6) is 17.2 Å². The van der Waals surface area contributed by atoms with Gasteiger partial charge in [-0.1, -0.05) is 0 Å². The van der Waals surface area contributed by atoms with Gasteiger partial charge in [-0.25, -0.2) is 5.43 Å². The van der Waals surface area contributed by atoms with Gasteiger partial charge in [-0.3, -0.25) is 4.79 Å². The van der Waals surface area contributed by atoms with Gasteiger partial charge in [-0.2, -0.15) is 5.10 Å². The molecule has 0 saturated heterocycles. The molecule has 0 aromatic heterocycles. The molecule has 0 spiro atoms. The Bertz CT molecular complexity index is 739.